The smallest absolute Gasteiger partial charge is 0.231 e. The van der Waals surface area contributed by atoms with Crippen LogP contribution in [0.25, 0.3) is 20.7 Å². The number of nitrogens with one attached hydrogen (secondary N) is 1. The van der Waals surface area contributed by atoms with E-state index in [-0.39, 0.29) is 6.79 Å². The SMILES string of the molecule is Clc1ccc(-c2cc3ncnc(NCc4ccc5c(c4)OCO5)c3s2)cc1. The summed E-state index contributed by atoms with van der Waals surface area (Å²) in [5.41, 5.74) is 3.14. The first-order valence-electron chi connectivity index (χ1n) is 8.39. The largest absolute Gasteiger partial charge is 0.454 e. The summed E-state index contributed by atoms with van der Waals surface area (Å²) in [6, 6.07) is 15.8. The molecule has 0 unspecified atom stereocenters. The van der Waals surface area contributed by atoms with Gasteiger partial charge < -0.3 is 14.8 Å². The lowest BCUT2D eigenvalue weighted by atomic mass is 10.2. The molecule has 2 aromatic heterocycles. The Morgan fingerprint density at radius 2 is 1.85 bits per heavy atom. The zero-order valence-electron chi connectivity index (χ0n) is 14.1. The minimum Gasteiger partial charge on any atom is -0.454 e. The second-order valence-corrected chi connectivity index (χ2v) is 7.58. The van der Waals surface area contributed by atoms with E-state index in [0.717, 1.165) is 48.6 Å². The first-order chi connectivity index (χ1) is 13.3. The summed E-state index contributed by atoms with van der Waals surface area (Å²) in [6.45, 7) is 0.915. The van der Waals surface area contributed by atoms with Gasteiger partial charge in [-0.2, -0.15) is 0 Å². The van der Waals surface area contributed by atoms with Crippen LogP contribution in [0.4, 0.5) is 5.82 Å². The van der Waals surface area contributed by atoms with E-state index in [1.807, 2.05) is 42.5 Å². The van der Waals surface area contributed by atoms with Gasteiger partial charge in [0, 0.05) is 16.4 Å². The summed E-state index contributed by atoms with van der Waals surface area (Å²) in [5, 5.41) is 4.14. The van der Waals surface area contributed by atoms with Crippen LogP contribution in [0.2, 0.25) is 5.02 Å². The molecular formula is C20H14ClN3O2S. The topological polar surface area (TPSA) is 56.3 Å². The van der Waals surface area contributed by atoms with Crippen molar-refractivity contribution in [2.45, 2.75) is 6.54 Å². The van der Waals surface area contributed by atoms with Crippen LogP contribution < -0.4 is 14.8 Å². The summed E-state index contributed by atoms with van der Waals surface area (Å²) < 4.78 is 11.8. The summed E-state index contributed by atoms with van der Waals surface area (Å²) in [5.74, 6) is 2.39. The van der Waals surface area contributed by atoms with Crippen molar-refractivity contribution in [3.05, 3.63) is 65.4 Å². The molecule has 1 N–H and O–H groups in total. The minimum atomic E-state index is 0.279. The van der Waals surface area contributed by atoms with Gasteiger partial charge in [0.05, 0.1) is 10.2 Å². The van der Waals surface area contributed by atoms with Crippen molar-refractivity contribution >= 4 is 39.0 Å². The van der Waals surface area contributed by atoms with Crippen molar-refractivity contribution in [3.63, 3.8) is 0 Å². The van der Waals surface area contributed by atoms with Crippen molar-refractivity contribution in [1.82, 2.24) is 9.97 Å². The highest BCUT2D eigenvalue weighted by Gasteiger charge is 2.14. The molecule has 0 saturated carbocycles. The molecule has 7 heteroatoms. The highest BCUT2D eigenvalue weighted by atomic mass is 35.5. The number of rotatable bonds is 4. The minimum absolute atomic E-state index is 0.279. The number of hydrogen-bond donors (Lipinski definition) is 1. The number of thiophene rings is 1. The molecule has 0 radical (unpaired) electrons. The van der Waals surface area contributed by atoms with Gasteiger partial charge in [-0.15, -0.1) is 11.3 Å². The average Bonchev–Trinajstić information content (AvgIpc) is 3.33. The summed E-state index contributed by atoms with van der Waals surface area (Å²) >= 11 is 7.65. The number of nitrogens with zero attached hydrogens (tertiary/aromatic N) is 2. The van der Waals surface area contributed by atoms with Gasteiger partial charge >= 0.3 is 0 Å². The van der Waals surface area contributed by atoms with Crippen molar-refractivity contribution in [1.29, 1.82) is 0 Å². The average molecular weight is 396 g/mol. The van der Waals surface area contributed by atoms with Gasteiger partial charge in [0.25, 0.3) is 0 Å². The molecule has 27 heavy (non-hydrogen) atoms. The number of anilines is 1. The zero-order chi connectivity index (χ0) is 18.2. The highest BCUT2D eigenvalue weighted by molar-refractivity contribution is 7.22. The van der Waals surface area contributed by atoms with Crippen LogP contribution in [0.1, 0.15) is 5.56 Å². The predicted molar refractivity (Wildman–Crippen MR) is 108 cm³/mol. The number of hydrogen-bond acceptors (Lipinski definition) is 6. The number of ether oxygens (including phenoxy) is 2. The molecule has 5 rings (SSSR count). The molecule has 5 nitrogen and oxygen atoms in total. The van der Waals surface area contributed by atoms with Crippen molar-refractivity contribution in [2.75, 3.05) is 12.1 Å². The maximum atomic E-state index is 5.99. The van der Waals surface area contributed by atoms with E-state index in [2.05, 4.69) is 21.4 Å². The summed E-state index contributed by atoms with van der Waals surface area (Å²) in [6.07, 6.45) is 1.59. The molecule has 1 aliphatic heterocycles. The van der Waals surface area contributed by atoms with Gasteiger partial charge in [0.1, 0.15) is 12.1 Å². The van der Waals surface area contributed by atoms with Gasteiger partial charge in [0.2, 0.25) is 6.79 Å². The van der Waals surface area contributed by atoms with Crippen molar-refractivity contribution in [3.8, 4) is 21.9 Å². The molecule has 0 amide bonds. The lowest BCUT2D eigenvalue weighted by Gasteiger charge is -2.07. The van der Waals surface area contributed by atoms with Crippen molar-refractivity contribution in [2.24, 2.45) is 0 Å². The van der Waals surface area contributed by atoms with Gasteiger partial charge in [-0.25, -0.2) is 9.97 Å². The third-order valence-electron chi connectivity index (χ3n) is 4.34. The fraction of sp³-hybridized carbons (Fsp3) is 0.100. The zero-order valence-corrected chi connectivity index (χ0v) is 15.7. The lowest BCUT2D eigenvalue weighted by Crippen LogP contribution is -2.01. The first-order valence-corrected chi connectivity index (χ1v) is 9.58. The molecule has 1 aliphatic rings. The van der Waals surface area contributed by atoms with E-state index < -0.39 is 0 Å². The number of halogens is 1. The van der Waals surface area contributed by atoms with Crippen LogP contribution in [0.15, 0.2) is 54.9 Å². The van der Waals surface area contributed by atoms with Gasteiger partial charge in [-0.3, -0.25) is 0 Å². The maximum Gasteiger partial charge on any atom is 0.231 e. The van der Waals surface area contributed by atoms with Crippen LogP contribution >= 0.6 is 22.9 Å². The third kappa shape index (κ3) is 3.18. The summed E-state index contributed by atoms with van der Waals surface area (Å²) in [4.78, 5) is 9.96. The standard InChI is InChI=1S/C20H14ClN3O2S/c21-14-4-2-13(3-5-14)18-8-15-19(27-18)20(24-10-23-15)22-9-12-1-6-16-17(7-12)26-11-25-16/h1-8,10H,9,11H2,(H,22,23,24). The lowest BCUT2D eigenvalue weighted by molar-refractivity contribution is 0.174. The van der Waals surface area contributed by atoms with Crippen LogP contribution in [-0.2, 0) is 6.54 Å². The molecule has 2 aromatic carbocycles. The highest BCUT2D eigenvalue weighted by Crippen LogP contribution is 2.36. The van der Waals surface area contributed by atoms with Crippen LogP contribution in [0, 0.1) is 0 Å². The monoisotopic (exact) mass is 395 g/mol. The second-order valence-electron chi connectivity index (χ2n) is 6.10. The first kappa shape index (κ1) is 16.4. The Balaban J connectivity index is 1.42. The molecule has 134 valence electrons. The van der Waals surface area contributed by atoms with Crippen LogP contribution in [0.3, 0.4) is 0 Å². The molecule has 4 aromatic rings. The van der Waals surface area contributed by atoms with Gasteiger partial charge in [0.15, 0.2) is 11.5 Å². The Labute approximate surface area is 164 Å². The van der Waals surface area contributed by atoms with Gasteiger partial charge in [-0.1, -0.05) is 29.8 Å². The van der Waals surface area contributed by atoms with E-state index in [0.29, 0.717) is 6.54 Å². The molecule has 0 saturated heterocycles. The normalized spacial score (nSPS) is 12.5. The van der Waals surface area contributed by atoms with E-state index in [1.54, 1.807) is 17.7 Å². The molecule has 0 fully saturated rings. The van der Waals surface area contributed by atoms with Gasteiger partial charge in [-0.05, 0) is 41.5 Å². The molecule has 0 spiro atoms. The quantitative estimate of drug-likeness (QED) is 0.504. The fourth-order valence-electron chi connectivity index (χ4n) is 2.97. The Morgan fingerprint density at radius 1 is 1.00 bits per heavy atom. The Hall–Kier alpha value is -2.83. The number of fused-ring (bicyclic) bond motifs is 2. The fourth-order valence-corrected chi connectivity index (χ4v) is 4.18. The molecule has 0 atom stereocenters. The molecule has 0 bridgehead atoms. The summed E-state index contributed by atoms with van der Waals surface area (Å²) in [7, 11) is 0. The predicted octanol–water partition coefficient (Wildman–Crippen LogP) is 5.35. The van der Waals surface area contributed by atoms with E-state index in [4.69, 9.17) is 21.1 Å². The van der Waals surface area contributed by atoms with Crippen LogP contribution in [-0.4, -0.2) is 16.8 Å². The number of benzene rings is 2. The second kappa shape index (κ2) is 6.72. The van der Waals surface area contributed by atoms with E-state index in [1.165, 1.54) is 0 Å². The van der Waals surface area contributed by atoms with Crippen molar-refractivity contribution < 1.29 is 9.47 Å². The molecular weight excluding hydrogens is 382 g/mol. The molecule has 3 heterocycles. The Kier molecular flexibility index (Phi) is 4.07. The Bertz CT molecular complexity index is 1130. The Morgan fingerprint density at radius 3 is 2.74 bits per heavy atom. The van der Waals surface area contributed by atoms with E-state index >= 15 is 0 Å². The van der Waals surface area contributed by atoms with E-state index in [9.17, 15) is 0 Å². The molecule has 0 aliphatic carbocycles. The third-order valence-corrected chi connectivity index (χ3v) is 5.77. The number of aromatic nitrogens is 2. The van der Waals surface area contributed by atoms with Crippen LogP contribution in [0.5, 0.6) is 11.5 Å². The maximum absolute atomic E-state index is 5.99.